The van der Waals surface area contributed by atoms with Crippen LogP contribution in [-0.4, -0.2) is 26.4 Å². The maximum absolute atomic E-state index is 5.37. The van der Waals surface area contributed by atoms with Crippen LogP contribution in [0.25, 0.3) is 0 Å². The van der Waals surface area contributed by atoms with Gasteiger partial charge in [0.15, 0.2) is 0 Å². The van der Waals surface area contributed by atoms with E-state index in [9.17, 15) is 0 Å². The molecule has 0 N–H and O–H groups in total. The van der Waals surface area contributed by atoms with Gasteiger partial charge in [0.25, 0.3) is 0 Å². The second-order valence-corrected chi connectivity index (χ2v) is 4.41. The quantitative estimate of drug-likeness (QED) is 0.494. The molecule has 12 heavy (non-hydrogen) atoms. The topological polar surface area (TPSA) is 18.5 Å². The molecule has 0 bridgehead atoms. The second-order valence-electron chi connectivity index (χ2n) is 4.41. The van der Waals surface area contributed by atoms with Gasteiger partial charge in [-0.25, -0.2) is 0 Å². The van der Waals surface area contributed by atoms with E-state index in [-0.39, 0.29) is 0 Å². The summed E-state index contributed by atoms with van der Waals surface area (Å²) in [5.41, 5.74) is 3.55. The largest absolute Gasteiger partial charge is 0.380 e. The van der Waals surface area contributed by atoms with Crippen molar-refractivity contribution in [3.05, 3.63) is 11.1 Å². The van der Waals surface area contributed by atoms with Gasteiger partial charge in [-0.15, -0.1) is 0 Å². The molecule has 4 unspecified atom stereocenters. The summed E-state index contributed by atoms with van der Waals surface area (Å²) in [7, 11) is 0. The molecule has 0 aromatic carbocycles. The maximum atomic E-state index is 5.37. The first-order valence-electron chi connectivity index (χ1n) is 4.86. The zero-order valence-corrected chi connectivity index (χ0v) is 6.95. The van der Waals surface area contributed by atoms with Crippen LogP contribution in [0.4, 0.5) is 0 Å². The molecule has 4 fully saturated rings. The van der Waals surface area contributed by atoms with Gasteiger partial charge in [0, 0.05) is 23.7 Å². The highest BCUT2D eigenvalue weighted by atomic mass is 16.5. The van der Waals surface area contributed by atoms with Crippen molar-refractivity contribution in [2.75, 3.05) is 26.4 Å². The minimum Gasteiger partial charge on any atom is -0.380 e. The summed E-state index contributed by atoms with van der Waals surface area (Å²) in [6, 6.07) is 0. The molecule has 2 nitrogen and oxygen atoms in total. The highest BCUT2D eigenvalue weighted by Crippen LogP contribution is 2.63. The fraction of sp³-hybridized carbons (Fsp3) is 0.800. The van der Waals surface area contributed by atoms with E-state index >= 15 is 0 Å². The first-order valence-corrected chi connectivity index (χ1v) is 4.86. The number of hydrogen-bond donors (Lipinski definition) is 0. The van der Waals surface area contributed by atoms with Crippen molar-refractivity contribution < 1.29 is 9.47 Å². The van der Waals surface area contributed by atoms with Crippen LogP contribution in [0.3, 0.4) is 0 Å². The van der Waals surface area contributed by atoms with Crippen LogP contribution in [0.5, 0.6) is 0 Å². The summed E-state index contributed by atoms with van der Waals surface area (Å²) in [6.45, 7) is 4.02. The molecule has 2 saturated carbocycles. The molecule has 2 heteroatoms. The molecule has 0 radical (unpaired) electrons. The molecule has 4 rings (SSSR count). The Kier molecular flexibility index (Phi) is 0.913. The fourth-order valence-electron chi connectivity index (χ4n) is 3.08. The monoisotopic (exact) mass is 164 g/mol. The van der Waals surface area contributed by atoms with Crippen LogP contribution < -0.4 is 0 Å². The highest BCUT2D eigenvalue weighted by molar-refractivity contribution is 5.48. The van der Waals surface area contributed by atoms with Gasteiger partial charge in [0.1, 0.15) is 0 Å². The van der Waals surface area contributed by atoms with Crippen LogP contribution in [0.2, 0.25) is 0 Å². The van der Waals surface area contributed by atoms with E-state index in [4.69, 9.17) is 9.47 Å². The minimum atomic E-state index is 0.839. The Hall–Kier alpha value is -0.340. The van der Waals surface area contributed by atoms with Gasteiger partial charge in [0.05, 0.1) is 26.4 Å². The lowest BCUT2D eigenvalue weighted by Crippen LogP contribution is -1.94. The van der Waals surface area contributed by atoms with Crippen molar-refractivity contribution in [1.29, 1.82) is 0 Å². The lowest BCUT2D eigenvalue weighted by atomic mass is 10.3. The number of fused-ring (bicyclic) bond motifs is 2. The van der Waals surface area contributed by atoms with Crippen LogP contribution in [0.1, 0.15) is 0 Å². The van der Waals surface area contributed by atoms with Crippen molar-refractivity contribution in [3.63, 3.8) is 0 Å². The molecule has 4 aliphatic rings. The van der Waals surface area contributed by atoms with Gasteiger partial charge >= 0.3 is 0 Å². The van der Waals surface area contributed by atoms with Crippen LogP contribution in [-0.2, 0) is 9.47 Å². The third-order valence-electron chi connectivity index (χ3n) is 3.87. The van der Waals surface area contributed by atoms with E-state index in [0.717, 1.165) is 50.1 Å². The molecule has 64 valence electrons. The lowest BCUT2D eigenvalue weighted by molar-refractivity contribution is 0.170. The number of hydrogen-bond acceptors (Lipinski definition) is 2. The predicted molar refractivity (Wildman–Crippen MR) is 42.6 cm³/mol. The zero-order chi connectivity index (χ0) is 7.71. The summed E-state index contributed by atoms with van der Waals surface area (Å²) in [5, 5.41) is 0. The van der Waals surface area contributed by atoms with Crippen molar-refractivity contribution in [2.45, 2.75) is 0 Å². The third kappa shape index (κ3) is 0.570. The number of rotatable bonds is 0. The molecule has 0 spiro atoms. The predicted octanol–water partition coefficient (Wildman–Crippen LogP) is 0.835. The molecule has 0 aromatic rings. The van der Waals surface area contributed by atoms with Crippen molar-refractivity contribution in [3.8, 4) is 0 Å². The maximum Gasteiger partial charge on any atom is 0.0538 e. The summed E-state index contributed by atoms with van der Waals surface area (Å²) >= 11 is 0. The summed E-state index contributed by atoms with van der Waals surface area (Å²) in [6.07, 6.45) is 0. The molecular formula is C10H12O2. The summed E-state index contributed by atoms with van der Waals surface area (Å²) in [5.74, 6) is 3.35. The molecule has 2 aliphatic heterocycles. The first kappa shape index (κ1) is 6.17. The van der Waals surface area contributed by atoms with Gasteiger partial charge in [-0.05, 0) is 0 Å². The summed E-state index contributed by atoms with van der Waals surface area (Å²) < 4.78 is 10.7. The van der Waals surface area contributed by atoms with E-state index in [2.05, 4.69) is 0 Å². The Bertz CT molecular complexity index is 230. The van der Waals surface area contributed by atoms with Gasteiger partial charge < -0.3 is 9.47 Å². The van der Waals surface area contributed by atoms with E-state index in [1.54, 1.807) is 11.1 Å². The van der Waals surface area contributed by atoms with E-state index in [1.165, 1.54) is 0 Å². The third-order valence-corrected chi connectivity index (χ3v) is 3.87. The van der Waals surface area contributed by atoms with E-state index in [1.807, 2.05) is 0 Å². The molecule has 2 saturated heterocycles. The SMILES string of the molecule is C1OCC2C(=C3C4COCC34)C12. The molecular weight excluding hydrogens is 152 g/mol. The smallest absolute Gasteiger partial charge is 0.0538 e. The van der Waals surface area contributed by atoms with Gasteiger partial charge in [-0.2, -0.15) is 0 Å². The Morgan fingerprint density at radius 1 is 0.667 bits per heavy atom. The van der Waals surface area contributed by atoms with Crippen molar-refractivity contribution in [2.24, 2.45) is 23.7 Å². The average molecular weight is 164 g/mol. The fourth-order valence-corrected chi connectivity index (χ4v) is 3.08. The Morgan fingerprint density at radius 2 is 1.00 bits per heavy atom. The molecule has 0 amide bonds. The van der Waals surface area contributed by atoms with Crippen molar-refractivity contribution in [1.82, 2.24) is 0 Å². The molecule has 2 heterocycles. The minimum absolute atomic E-state index is 0.839. The second kappa shape index (κ2) is 1.78. The first-order chi connectivity index (χ1) is 5.97. The Labute approximate surface area is 71.5 Å². The average Bonchev–Trinajstić information content (AvgIpc) is 2.76. The van der Waals surface area contributed by atoms with Crippen LogP contribution in [0, 0.1) is 23.7 Å². The Balaban J connectivity index is 1.67. The van der Waals surface area contributed by atoms with Gasteiger partial charge in [-0.1, -0.05) is 11.1 Å². The zero-order valence-electron chi connectivity index (χ0n) is 6.95. The normalized spacial score (nSPS) is 54.0. The number of ether oxygens (including phenoxy) is 2. The van der Waals surface area contributed by atoms with Gasteiger partial charge in [-0.3, -0.25) is 0 Å². The van der Waals surface area contributed by atoms with E-state index < -0.39 is 0 Å². The summed E-state index contributed by atoms with van der Waals surface area (Å²) in [4.78, 5) is 0. The lowest BCUT2D eigenvalue weighted by Gasteiger charge is -1.97. The molecule has 0 aromatic heterocycles. The molecule has 4 atom stereocenters. The Morgan fingerprint density at radius 3 is 1.33 bits per heavy atom. The highest BCUT2D eigenvalue weighted by Gasteiger charge is 2.59. The van der Waals surface area contributed by atoms with Crippen LogP contribution >= 0.6 is 0 Å². The van der Waals surface area contributed by atoms with Crippen LogP contribution in [0.15, 0.2) is 11.1 Å². The van der Waals surface area contributed by atoms with Crippen molar-refractivity contribution >= 4 is 0 Å². The standard InChI is InChI=1S/C10H12O2/c1-5-6(2-11-1)9(5)10-7-3-12-4-8(7)10/h5-8H,1-4H2. The van der Waals surface area contributed by atoms with E-state index in [0.29, 0.717) is 0 Å². The molecule has 2 aliphatic carbocycles. The van der Waals surface area contributed by atoms with Gasteiger partial charge in [0.2, 0.25) is 0 Å².